The lowest BCUT2D eigenvalue weighted by molar-refractivity contribution is 0.0239. The number of nitrogens with zero attached hydrogens (tertiary/aromatic N) is 2. The van der Waals surface area contributed by atoms with Crippen molar-refractivity contribution in [3.8, 4) is 0 Å². The van der Waals surface area contributed by atoms with Gasteiger partial charge in [0.15, 0.2) is 0 Å². The van der Waals surface area contributed by atoms with E-state index in [1.54, 1.807) is 19.9 Å². The standard InChI is InChI=1S/C10H18N4O/c1-9(2,10(3,4)15)14-8-5-7(11)12-6-13-8/h5-6,15H,1-4H3,(H3,11,12,13,14). The summed E-state index contributed by atoms with van der Waals surface area (Å²) in [5.41, 5.74) is 4.16. The highest BCUT2D eigenvalue weighted by Crippen LogP contribution is 2.25. The Hall–Kier alpha value is -1.36. The molecule has 0 saturated carbocycles. The first kappa shape index (κ1) is 11.7. The van der Waals surface area contributed by atoms with E-state index in [0.717, 1.165) is 0 Å². The third-order valence-electron chi connectivity index (χ3n) is 2.66. The van der Waals surface area contributed by atoms with E-state index in [2.05, 4.69) is 15.3 Å². The second kappa shape index (κ2) is 3.66. The lowest BCUT2D eigenvalue weighted by Crippen LogP contribution is -2.51. The smallest absolute Gasteiger partial charge is 0.131 e. The number of nitrogen functional groups attached to an aromatic ring is 1. The number of aromatic nitrogens is 2. The Kier molecular flexibility index (Phi) is 2.86. The Morgan fingerprint density at radius 1 is 1.27 bits per heavy atom. The van der Waals surface area contributed by atoms with Crippen molar-refractivity contribution >= 4 is 11.6 Å². The van der Waals surface area contributed by atoms with Crippen LogP contribution in [0.2, 0.25) is 0 Å². The van der Waals surface area contributed by atoms with E-state index in [4.69, 9.17) is 5.73 Å². The number of nitrogens with one attached hydrogen (secondary N) is 1. The van der Waals surface area contributed by atoms with Gasteiger partial charge in [-0.1, -0.05) is 0 Å². The van der Waals surface area contributed by atoms with Gasteiger partial charge in [0.2, 0.25) is 0 Å². The highest BCUT2D eigenvalue weighted by atomic mass is 16.3. The fourth-order valence-corrected chi connectivity index (χ4v) is 0.914. The first-order chi connectivity index (χ1) is 6.72. The maximum absolute atomic E-state index is 9.94. The van der Waals surface area contributed by atoms with Gasteiger partial charge in [-0.05, 0) is 27.7 Å². The predicted octanol–water partition coefficient (Wildman–Crippen LogP) is 1.02. The average molecular weight is 210 g/mol. The fourth-order valence-electron chi connectivity index (χ4n) is 0.914. The first-order valence-corrected chi connectivity index (χ1v) is 4.80. The number of nitrogens with two attached hydrogens (primary N) is 1. The predicted molar refractivity (Wildman–Crippen MR) is 60.4 cm³/mol. The Balaban J connectivity index is 2.87. The van der Waals surface area contributed by atoms with Crippen molar-refractivity contribution in [2.75, 3.05) is 11.1 Å². The summed E-state index contributed by atoms with van der Waals surface area (Å²) in [6, 6.07) is 1.63. The highest BCUT2D eigenvalue weighted by molar-refractivity contribution is 5.45. The zero-order valence-corrected chi connectivity index (χ0v) is 9.57. The average Bonchev–Trinajstić information content (AvgIpc) is 2.00. The molecule has 0 fully saturated rings. The number of hydrogen-bond acceptors (Lipinski definition) is 5. The lowest BCUT2D eigenvalue weighted by Gasteiger charge is -2.38. The molecule has 15 heavy (non-hydrogen) atoms. The minimum absolute atomic E-state index is 0.402. The second-order valence-electron chi connectivity index (χ2n) is 4.64. The molecule has 1 aromatic heterocycles. The molecule has 5 heteroatoms. The molecule has 0 aliphatic carbocycles. The van der Waals surface area contributed by atoms with Crippen molar-refractivity contribution in [3.05, 3.63) is 12.4 Å². The molecule has 1 aromatic rings. The van der Waals surface area contributed by atoms with Crippen LogP contribution in [0.3, 0.4) is 0 Å². The van der Waals surface area contributed by atoms with Crippen molar-refractivity contribution in [3.63, 3.8) is 0 Å². The molecule has 1 heterocycles. The molecule has 5 nitrogen and oxygen atoms in total. The molecule has 0 spiro atoms. The van der Waals surface area contributed by atoms with Crippen molar-refractivity contribution in [1.82, 2.24) is 9.97 Å². The molecule has 0 unspecified atom stereocenters. The van der Waals surface area contributed by atoms with Crippen LogP contribution in [0.5, 0.6) is 0 Å². The molecular weight excluding hydrogens is 192 g/mol. The SMILES string of the molecule is CC(C)(O)C(C)(C)Nc1cc(N)ncn1. The van der Waals surface area contributed by atoms with E-state index < -0.39 is 11.1 Å². The summed E-state index contributed by atoms with van der Waals surface area (Å²) in [4.78, 5) is 7.82. The largest absolute Gasteiger partial charge is 0.388 e. The number of rotatable bonds is 3. The number of aliphatic hydroxyl groups is 1. The molecule has 0 atom stereocenters. The first-order valence-electron chi connectivity index (χ1n) is 4.80. The quantitative estimate of drug-likeness (QED) is 0.693. The van der Waals surface area contributed by atoms with Crippen LogP contribution in [0.1, 0.15) is 27.7 Å². The van der Waals surface area contributed by atoms with Crippen LogP contribution in [-0.4, -0.2) is 26.2 Å². The van der Waals surface area contributed by atoms with Crippen LogP contribution in [0.4, 0.5) is 11.6 Å². The summed E-state index contributed by atoms with van der Waals surface area (Å²) >= 11 is 0. The van der Waals surface area contributed by atoms with E-state index in [9.17, 15) is 5.11 Å². The minimum atomic E-state index is -0.868. The topological polar surface area (TPSA) is 84.1 Å². The summed E-state index contributed by atoms with van der Waals surface area (Å²) in [6.07, 6.45) is 1.39. The highest BCUT2D eigenvalue weighted by Gasteiger charge is 2.35. The summed E-state index contributed by atoms with van der Waals surface area (Å²) in [6.45, 7) is 7.27. The molecule has 0 amide bonds. The third-order valence-corrected chi connectivity index (χ3v) is 2.66. The molecule has 1 rings (SSSR count). The van der Waals surface area contributed by atoms with Crippen molar-refractivity contribution in [2.45, 2.75) is 38.8 Å². The molecule has 0 aliphatic heterocycles. The minimum Gasteiger partial charge on any atom is -0.388 e. The summed E-state index contributed by atoms with van der Waals surface area (Å²) in [7, 11) is 0. The summed E-state index contributed by atoms with van der Waals surface area (Å²) in [5.74, 6) is 1.01. The molecule has 0 aromatic carbocycles. The maximum Gasteiger partial charge on any atom is 0.131 e. The molecule has 4 N–H and O–H groups in total. The maximum atomic E-state index is 9.94. The fraction of sp³-hybridized carbons (Fsp3) is 0.600. The van der Waals surface area contributed by atoms with Crippen molar-refractivity contribution in [1.29, 1.82) is 0 Å². The van der Waals surface area contributed by atoms with Gasteiger partial charge in [-0.2, -0.15) is 0 Å². The Morgan fingerprint density at radius 3 is 2.33 bits per heavy atom. The van der Waals surface area contributed by atoms with Gasteiger partial charge in [-0.25, -0.2) is 9.97 Å². The molecule has 0 radical (unpaired) electrons. The van der Waals surface area contributed by atoms with E-state index in [0.29, 0.717) is 11.6 Å². The zero-order chi connectivity index (χ0) is 11.7. The van der Waals surface area contributed by atoms with Gasteiger partial charge in [-0.3, -0.25) is 0 Å². The normalized spacial score (nSPS) is 12.6. The van der Waals surface area contributed by atoms with Gasteiger partial charge in [-0.15, -0.1) is 0 Å². The van der Waals surface area contributed by atoms with Crippen LogP contribution in [0, 0.1) is 0 Å². The number of anilines is 2. The van der Waals surface area contributed by atoms with Gasteiger partial charge >= 0.3 is 0 Å². The van der Waals surface area contributed by atoms with E-state index in [1.807, 2.05) is 13.8 Å². The zero-order valence-electron chi connectivity index (χ0n) is 9.57. The van der Waals surface area contributed by atoms with E-state index in [-0.39, 0.29) is 0 Å². The third kappa shape index (κ3) is 2.79. The lowest BCUT2D eigenvalue weighted by atomic mass is 9.86. The Labute approximate surface area is 89.7 Å². The molecule has 84 valence electrons. The summed E-state index contributed by atoms with van der Waals surface area (Å²) < 4.78 is 0. The van der Waals surface area contributed by atoms with Crippen LogP contribution >= 0.6 is 0 Å². The van der Waals surface area contributed by atoms with E-state index in [1.165, 1.54) is 6.33 Å². The molecule has 0 aliphatic rings. The van der Waals surface area contributed by atoms with Crippen LogP contribution < -0.4 is 11.1 Å². The van der Waals surface area contributed by atoms with Crippen LogP contribution in [-0.2, 0) is 0 Å². The monoisotopic (exact) mass is 210 g/mol. The van der Waals surface area contributed by atoms with Crippen LogP contribution in [0.15, 0.2) is 12.4 Å². The molecule has 0 saturated heterocycles. The Bertz CT molecular complexity index is 344. The second-order valence-corrected chi connectivity index (χ2v) is 4.64. The van der Waals surface area contributed by atoms with Gasteiger partial charge in [0.05, 0.1) is 11.1 Å². The Morgan fingerprint density at radius 2 is 1.87 bits per heavy atom. The van der Waals surface area contributed by atoms with Gasteiger partial charge in [0.25, 0.3) is 0 Å². The summed E-state index contributed by atoms with van der Waals surface area (Å²) in [5, 5.41) is 13.1. The van der Waals surface area contributed by atoms with Crippen molar-refractivity contribution < 1.29 is 5.11 Å². The van der Waals surface area contributed by atoms with E-state index >= 15 is 0 Å². The number of hydrogen-bond donors (Lipinski definition) is 3. The van der Waals surface area contributed by atoms with Crippen LogP contribution in [0.25, 0.3) is 0 Å². The van der Waals surface area contributed by atoms with Crippen molar-refractivity contribution in [2.24, 2.45) is 0 Å². The molecular formula is C10H18N4O. The van der Waals surface area contributed by atoms with Gasteiger partial charge in [0.1, 0.15) is 18.0 Å². The van der Waals surface area contributed by atoms with Gasteiger partial charge < -0.3 is 16.2 Å². The molecule has 0 bridgehead atoms. The van der Waals surface area contributed by atoms with Gasteiger partial charge in [0, 0.05) is 6.07 Å².